The fraction of sp³-hybridized carbons (Fsp3) is 0.143. The fourth-order valence-corrected chi connectivity index (χ4v) is 2.32. The molecule has 2 aromatic carbocycles. The van der Waals surface area contributed by atoms with Crippen molar-refractivity contribution in [2.24, 2.45) is 5.11 Å². The Hall–Kier alpha value is -4.18. The zero-order valence-corrected chi connectivity index (χ0v) is 14.6. The number of nitrogens with zero attached hydrogens (tertiary/aromatic N) is 4. The molecule has 0 spiro atoms. The molecule has 11 nitrogen and oxygen atoms in total. The van der Waals surface area contributed by atoms with E-state index in [0.29, 0.717) is 12.1 Å². The maximum Gasteiger partial charge on any atom is 0.418 e. The molecule has 17 heteroatoms. The van der Waals surface area contributed by atoms with E-state index in [1.54, 1.807) is 0 Å². The van der Waals surface area contributed by atoms with E-state index in [0.717, 1.165) is 0 Å². The lowest BCUT2D eigenvalue weighted by molar-refractivity contribution is -0.436. The van der Waals surface area contributed by atoms with Gasteiger partial charge in [-0.05, 0) is 4.86 Å². The summed E-state index contributed by atoms with van der Waals surface area (Å²) in [6, 6.07) is 0.746. The van der Waals surface area contributed by atoms with E-state index in [1.165, 1.54) is 0 Å². The minimum Gasteiger partial charge on any atom is -0.594 e. The Labute approximate surface area is 166 Å². The van der Waals surface area contributed by atoms with Crippen molar-refractivity contribution >= 4 is 34.1 Å². The average Bonchev–Trinajstić information content (AvgIpc) is 2.60. The van der Waals surface area contributed by atoms with E-state index >= 15 is 0 Å². The molecule has 0 atom stereocenters. The molecule has 2 rings (SSSR count). The van der Waals surface area contributed by atoms with Gasteiger partial charge in [0.25, 0.3) is 17.1 Å². The summed E-state index contributed by atoms with van der Waals surface area (Å²) in [4.78, 5) is 18.5. The van der Waals surface area contributed by atoms with Crippen molar-refractivity contribution in [1.29, 1.82) is 0 Å². The Morgan fingerprint density at radius 2 is 1.16 bits per heavy atom. The van der Waals surface area contributed by atoms with Gasteiger partial charge in [-0.25, -0.2) is 0 Å². The third kappa shape index (κ3) is 4.70. The third-order valence-electron chi connectivity index (χ3n) is 3.72. The highest BCUT2D eigenvalue weighted by Crippen LogP contribution is 2.43. The molecule has 0 saturated carbocycles. The smallest absolute Gasteiger partial charge is 0.418 e. The van der Waals surface area contributed by atoms with Gasteiger partial charge in [0.05, 0.1) is 32.7 Å². The molecule has 0 aliphatic carbocycles. The summed E-state index contributed by atoms with van der Waals surface area (Å²) in [7, 11) is 0. The highest BCUT2D eigenvalue weighted by molar-refractivity contribution is 5.72. The van der Waals surface area contributed by atoms with E-state index in [4.69, 9.17) is 11.5 Å². The Morgan fingerprint density at radius 1 is 0.742 bits per heavy atom. The summed E-state index contributed by atoms with van der Waals surface area (Å²) < 4.78 is 78.4. The molecule has 0 aromatic heterocycles. The first kappa shape index (κ1) is 23.1. The van der Waals surface area contributed by atoms with Crippen molar-refractivity contribution in [3.05, 3.63) is 60.8 Å². The summed E-state index contributed by atoms with van der Waals surface area (Å²) in [5, 5.41) is 37.0. The Balaban J connectivity index is 2.81. The van der Waals surface area contributed by atoms with Crippen LogP contribution in [0.25, 0.3) is 0 Å². The van der Waals surface area contributed by atoms with Gasteiger partial charge in [0, 0.05) is 23.3 Å². The van der Waals surface area contributed by atoms with E-state index in [1.807, 2.05) is 0 Å². The van der Waals surface area contributed by atoms with Gasteiger partial charge >= 0.3 is 12.4 Å². The number of alkyl halides is 6. The number of non-ortho nitro benzene ring substituents is 2. The van der Waals surface area contributed by atoms with Gasteiger partial charge < -0.3 is 16.7 Å². The van der Waals surface area contributed by atoms with Crippen molar-refractivity contribution < 1.29 is 41.0 Å². The van der Waals surface area contributed by atoms with Gasteiger partial charge in [-0.15, -0.1) is 0 Å². The van der Waals surface area contributed by atoms with E-state index < -0.39 is 72.3 Å². The maximum atomic E-state index is 13.1. The van der Waals surface area contributed by atoms with Crippen LogP contribution in [0.3, 0.4) is 0 Å². The van der Waals surface area contributed by atoms with Gasteiger partial charge in [0.15, 0.2) is 5.69 Å². The molecule has 0 heterocycles. The molecule has 2 aromatic rings. The standard InChI is InChI=1S/C14H8F6N6O5/c15-13(16,17)7-1-5(25(28)29)3-9(11(7)21)23-24(27)10-4-6(26(30)31)2-8(12(10)22)14(18,19)20/h1-4H,21-22H2. The number of nitro groups is 2. The summed E-state index contributed by atoms with van der Waals surface area (Å²) in [6.45, 7) is 0. The van der Waals surface area contributed by atoms with E-state index in [9.17, 15) is 51.8 Å². The van der Waals surface area contributed by atoms with Crippen molar-refractivity contribution in [3.63, 3.8) is 0 Å². The van der Waals surface area contributed by atoms with Crippen LogP contribution < -0.4 is 11.5 Å². The second-order valence-electron chi connectivity index (χ2n) is 5.73. The van der Waals surface area contributed by atoms with Crippen LogP contribution in [-0.2, 0) is 12.4 Å². The molecular weight excluding hydrogens is 446 g/mol. The van der Waals surface area contributed by atoms with Gasteiger partial charge in [0.1, 0.15) is 5.69 Å². The topological polar surface area (TPSA) is 177 Å². The second kappa shape index (κ2) is 7.58. The van der Waals surface area contributed by atoms with Crippen LogP contribution in [0.15, 0.2) is 29.4 Å². The lowest BCUT2D eigenvalue weighted by Crippen LogP contribution is -2.12. The molecule has 31 heavy (non-hydrogen) atoms. The lowest BCUT2D eigenvalue weighted by Gasteiger charge is -2.12. The predicted molar refractivity (Wildman–Crippen MR) is 90.4 cm³/mol. The Bertz CT molecular complexity index is 1110. The second-order valence-corrected chi connectivity index (χ2v) is 5.73. The van der Waals surface area contributed by atoms with Crippen molar-refractivity contribution in [2.45, 2.75) is 12.4 Å². The highest BCUT2D eigenvalue weighted by atomic mass is 19.4. The van der Waals surface area contributed by atoms with Gasteiger partial charge in [-0.2, -0.15) is 26.3 Å². The first-order valence-electron chi connectivity index (χ1n) is 7.53. The normalized spacial score (nSPS) is 12.6. The number of rotatable bonds is 4. The summed E-state index contributed by atoms with van der Waals surface area (Å²) in [6.07, 6.45) is -10.4. The van der Waals surface area contributed by atoms with Crippen molar-refractivity contribution in [2.75, 3.05) is 11.5 Å². The number of halogens is 6. The number of nitro benzene ring substituents is 2. The average molecular weight is 454 g/mol. The highest BCUT2D eigenvalue weighted by Gasteiger charge is 2.39. The quantitative estimate of drug-likeness (QED) is 0.169. The number of hydrogen-bond donors (Lipinski definition) is 2. The number of nitrogens with two attached hydrogens (primary N) is 2. The number of azo groups is 1. The minimum atomic E-state index is -5.24. The van der Waals surface area contributed by atoms with Gasteiger partial charge in [-0.1, -0.05) is 0 Å². The molecule has 166 valence electrons. The molecule has 0 fully saturated rings. The lowest BCUT2D eigenvalue weighted by atomic mass is 10.1. The zero-order valence-electron chi connectivity index (χ0n) is 14.6. The minimum absolute atomic E-state index is 0.0378. The maximum absolute atomic E-state index is 13.1. The van der Waals surface area contributed by atoms with E-state index in [-0.39, 0.29) is 12.1 Å². The van der Waals surface area contributed by atoms with Crippen LogP contribution in [0, 0.1) is 25.4 Å². The molecular formula is C14H8F6N6O5. The molecule has 0 amide bonds. The largest absolute Gasteiger partial charge is 0.594 e. The SMILES string of the molecule is Nc1c(N=[N+]([O-])c2cc([N+](=O)[O-])cc(C(F)(F)F)c2N)cc([N+](=O)[O-])cc1C(F)(F)F. The van der Waals surface area contributed by atoms with Crippen LogP contribution >= 0.6 is 0 Å². The van der Waals surface area contributed by atoms with Crippen molar-refractivity contribution in [3.8, 4) is 0 Å². The predicted octanol–water partition coefficient (Wildman–Crippen LogP) is 4.63. The third-order valence-corrected chi connectivity index (χ3v) is 3.72. The van der Waals surface area contributed by atoms with Crippen LogP contribution in [0.4, 0.5) is 60.5 Å². The summed E-state index contributed by atoms with van der Waals surface area (Å²) >= 11 is 0. The van der Waals surface area contributed by atoms with Crippen LogP contribution in [-0.4, -0.2) is 14.7 Å². The fourth-order valence-electron chi connectivity index (χ4n) is 2.32. The first-order valence-corrected chi connectivity index (χ1v) is 7.53. The summed E-state index contributed by atoms with van der Waals surface area (Å²) in [5.41, 5.74) is -0.378. The monoisotopic (exact) mass is 454 g/mol. The Morgan fingerprint density at radius 3 is 1.58 bits per heavy atom. The molecule has 0 aliphatic rings. The van der Waals surface area contributed by atoms with Gasteiger partial charge in [-0.3, -0.25) is 20.2 Å². The van der Waals surface area contributed by atoms with Crippen molar-refractivity contribution in [1.82, 2.24) is 0 Å². The number of nitrogen functional groups attached to an aromatic ring is 2. The van der Waals surface area contributed by atoms with Gasteiger partial charge in [0.2, 0.25) is 0 Å². The zero-order chi connectivity index (χ0) is 23.9. The molecule has 0 saturated heterocycles. The number of benzene rings is 2. The molecule has 0 aliphatic heterocycles. The van der Waals surface area contributed by atoms with E-state index in [2.05, 4.69) is 5.11 Å². The number of hydrogen-bond acceptors (Lipinski definition) is 8. The molecule has 0 unspecified atom stereocenters. The Kier molecular flexibility index (Phi) is 5.65. The molecule has 4 N–H and O–H groups in total. The summed E-state index contributed by atoms with van der Waals surface area (Å²) in [5.74, 6) is 0. The first-order chi connectivity index (χ1) is 14.0. The van der Waals surface area contributed by atoms with Crippen LogP contribution in [0.1, 0.15) is 11.1 Å². The number of anilines is 2. The van der Waals surface area contributed by atoms with Crippen LogP contribution in [0.2, 0.25) is 0 Å². The molecule has 0 radical (unpaired) electrons. The molecule has 0 bridgehead atoms. The van der Waals surface area contributed by atoms with Crippen LogP contribution in [0.5, 0.6) is 0 Å².